The number of benzene rings is 1. The summed E-state index contributed by atoms with van der Waals surface area (Å²) in [6.45, 7) is 4.94. The normalized spacial score (nSPS) is 10.6. The third-order valence-corrected chi connectivity index (χ3v) is 3.11. The lowest BCUT2D eigenvalue weighted by Gasteiger charge is -2.20. The highest BCUT2D eigenvalue weighted by molar-refractivity contribution is 5.76. The van der Waals surface area contributed by atoms with Gasteiger partial charge >= 0.3 is 6.03 Å². The molecule has 1 N–H and O–H groups in total. The topological polar surface area (TPSA) is 58.4 Å². The molecule has 20 heavy (non-hydrogen) atoms. The zero-order valence-electron chi connectivity index (χ0n) is 11.8. The van der Waals surface area contributed by atoms with Gasteiger partial charge in [-0.15, -0.1) is 0 Å². The van der Waals surface area contributed by atoms with Crippen molar-refractivity contribution in [2.24, 2.45) is 0 Å². The molecule has 0 spiro atoms. The van der Waals surface area contributed by atoms with Crippen molar-refractivity contribution in [1.82, 2.24) is 14.7 Å². The highest BCUT2D eigenvalue weighted by atomic mass is 16.3. The fourth-order valence-electron chi connectivity index (χ4n) is 2.02. The summed E-state index contributed by atoms with van der Waals surface area (Å²) in [5.74, 6) is 0. The van der Waals surface area contributed by atoms with Crippen LogP contribution < -0.4 is 0 Å². The van der Waals surface area contributed by atoms with Crippen molar-refractivity contribution in [3.63, 3.8) is 0 Å². The fraction of sp³-hybridized carbons (Fsp3) is 0.333. The van der Waals surface area contributed by atoms with Crippen LogP contribution in [-0.2, 0) is 13.2 Å². The van der Waals surface area contributed by atoms with Gasteiger partial charge in [-0.25, -0.2) is 4.79 Å². The van der Waals surface area contributed by atoms with Crippen molar-refractivity contribution in [1.29, 1.82) is 0 Å². The van der Waals surface area contributed by atoms with Crippen molar-refractivity contribution < 1.29 is 9.90 Å². The maximum absolute atomic E-state index is 12.3. The van der Waals surface area contributed by atoms with Gasteiger partial charge in [0.25, 0.3) is 0 Å². The van der Waals surface area contributed by atoms with Crippen LogP contribution in [0.25, 0.3) is 0 Å². The van der Waals surface area contributed by atoms with E-state index >= 15 is 0 Å². The number of aryl methyl sites for hydroxylation is 1. The van der Waals surface area contributed by atoms with Crippen molar-refractivity contribution in [2.75, 3.05) is 6.54 Å². The molecular formula is C15H19N3O2. The number of carbonyl (C=O) groups is 1. The minimum atomic E-state index is -0.144. The summed E-state index contributed by atoms with van der Waals surface area (Å²) in [7, 11) is 0. The Labute approximate surface area is 118 Å². The zero-order valence-corrected chi connectivity index (χ0v) is 11.8. The van der Waals surface area contributed by atoms with E-state index in [0.717, 1.165) is 16.7 Å². The molecule has 0 unspecified atom stereocenters. The van der Waals surface area contributed by atoms with Crippen LogP contribution in [0, 0.1) is 6.92 Å². The molecule has 0 saturated heterocycles. The van der Waals surface area contributed by atoms with Crippen molar-refractivity contribution >= 4 is 6.03 Å². The summed E-state index contributed by atoms with van der Waals surface area (Å²) in [5.41, 5.74) is 2.80. The van der Waals surface area contributed by atoms with Gasteiger partial charge < -0.3 is 10.0 Å². The number of hydrogen-bond acceptors (Lipinski definition) is 3. The Balaban J connectivity index is 2.14. The van der Waals surface area contributed by atoms with Gasteiger partial charge in [-0.2, -0.15) is 9.78 Å². The van der Waals surface area contributed by atoms with Gasteiger partial charge in [0.2, 0.25) is 0 Å². The van der Waals surface area contributed by atoms with Crippen LogP contribution >= 0.6 is 0 Å². The highest BCUT2D eigenvalue weighted by Crippen LogP contribution is 2.10. The van der Waals surface area contributed by atoms with Gasteiger partial charge in [0.15, 0.2) is 0 Å². The molecule has 0 aliphatic heterocycles. The Morgan fingerprint density at radius 2 is 2.15 bits per heavy atom. The minimum Gasteiger partial charge on any atom is -0.392 e. The molecule has 0 radical (unpaired) electrons. The van der Waals surface area contributed by atoms with E-state index < -0.39 is 0 Å². The summed E-state index contributed by atoms with van der Waals surface area (Å²) >= 11 is 0. The molecule has 1 aromatic carbocycles. The minimum absolute atomic E-state index is 0.00621. The molecule has 2 rings (SSSR count). The van der Waals surface area contributed by atoms with Gasteiger partial charge in [0, 0.05) is 19.3 Å². The average Bonchev–Trinajstić information content (AvgIpc) is 2.91. The Bertz CT molecular complexity index is 592. The Kier molecular flexibility index (Phi) is 4.53. The number of amides is 1. The second kappa shape index (κ2) is 6.34. The molecule has 0 atom stereocenters. The largest absolute Gasteiger partial charge is 0.392 e. The summed E-state index contributed by atoms with van der Waals surface area (Å²) in [5, 5.41) is 13.2. The first kappa shape index (κ1) is 14.3. The molecule has 0 aliphatic carbocycles. The number of aliphatic hydroxyl groups excluding tert-OH is 1. The first-order valence-electron chi connectivity index (χ1n) is 6.63. The molecule has 0 aliphatic rings. The van der Waals surface area contributed by atoms with Gasteiger partial charge in [-0.3, -0.25) is 0 Å². The lowest BCUT2D eigenvalue weighted by Crippen LogP contribution is -2.34. The SMILES string of the molecule is CCN(Cc1cccc(CO)c1)C(=O)n1cc(C)cn1. The third-order valence-electron chi connectivity index (χ3n) is 3.11. The van der Waals surface area contributed by atoms with Gasteiger partial charge in [-0.05, 0) is 30.5 Å². The first-order valence-corrected chi connectivity index (χ1v) is 6.63. The highest BCUT2D eigenvalue weighted by Gasteiger charge is 2.15. The van der Waals surface area contributed by atoms with Crippen LogP contribution in [0.1, 0.15) is 23.6 Å². The number of nitrogens with zero attached hydrogens (tertiary/aromatic N) is 3. The molecule has 5 heteroatoms. The van der Waals surface area contributed by atoms with E-state index in [0.29, 0.717) is 13.1 Å². The molecule has 1 heterocycles. The van der Waals surface area contributed by atoms with Crippen LogP contribution in [0.5, 0.6) is 0 Å². The number of hydrogen-bond donors (Lipinski definition) is 1. The predicted molar refractivity (Wildman–Crippen MR) is 76.2 cm³/mol. The Morgan fingerprint density at radius 1 is 1.40 bits per heavy atom. The van der Waals surface area contributed by atoms with Crippen molar-refractivity contribution in [3.8, 4) is 0 Å². The maximum atomic E-state index is 12.3. The monoisotopic (exact) mass is 273 g/mol. The Hall–Kier alpha value is -2.14. The van der Waals surface area contributed by atoms with Crippen LogP contribution in [-0.4, -0.2) is 32.4 Å². The van der Waals surface area contributed by atoms with Gasteiger partial charge in [0.1, 0.15) is 0 Å². The molecule has 0 bridgehead atoms. The van der Waals surface area contributed by atoms with E-state index in [4.69, 9.17) is 5.11 Å². The molecule has 2 aromatic rings. The molecule has 1 amide bonds. The number of aromatic nitrogens is 2. The van der Waals surface area contributed by atoms with E-state index in [1.165, 1.54) is 4.68 Å². The number of aliphatic hydroxyl groups is 1. The lowest BCUT2D eigenvalue weighted by molar-refractivity contribution is 0.196. The maximum Gasteiger partial charge on any atom is 0.344 e. The van der Waals surface area contributed by atoms with Gasteiger partial charge in [-0.1, -0.05) is 24.3 Å². The van der Waals surface area contributed by atoms with Crippen LogP contribution in [0.2, 0.25) is 0 Å². The second-order valence-corrected chi connectivity index (χ2v) is 4.74. The second-order valence-electron chi connectivity index (χ2n) is 4.74. The van der Waals surface area contributed by atoms with Crippen LogP contribution in [0.3, 0.4) is 0 Å². The molecule has 1 aromatic heterocycles. The summed E-state index contributed by atoms with van der Waals surface area (Å²) in [6, 6.07) is 7.46. The molecule has 0 fully saturated rings. The van der Waals surface area contributed by atoms with Crippen LogP contribution in [0.4, 0.5) is 4.79 Å². The first-order chi connectivity index (χ1) is 9.63. The molecule has 0 saturated carbocycles. The molecular weight excluding hydrogens is 254 g/mol. The summed E-state index contributed by atoms with van der Waals surface area (Å²) in [4.78, 5) is 14.0. The zero-order chi connectivity index (χ0) is 14.5. The molecule has 5 nitrogen and oxygen atoms in total. The number of rotatable bonds is 4. The summed E-state index contributed by atoms with van der Waals surface area (Å²) in [6.07, 6.45) is 3.38. The van der Waals surface area contributed by atoms with Crippen molar-refractivity contribution in [2.45, 2.75) is 27.0 Å². The van der Waals surface area contributed by atoms with E-state index in [-0.39, 0.29) is 12.6 Å². The predicted octanol–water partition coefficient (Wildman–Crippen LogP) is 2.17. The third kappa shape index (κ3) is 3.24. The van der Waals surface area contributed by atoms with E-state index in [1.807, 2.05) is 38.1 Å². The molecule has 106 valence electrons. The van der Waals surface area contributed by atoms with E-state index in [1.54, 1.807) is 17.3 Å². The summed E-state index contributed by atoms with van der Waals surface area (Å²) < 4.78 is 1.36. The standard InChI is InChI=1S/C15H19N3O2/c1-3-17(15(20)18-9-12(2)8-16-18)10-13-5-4-6-14(7-13)11-19/h4-9,19H,3,10-11H2,1-2H3. The van der Waals surface area contributed by atoms with Crippen molar-refractivity contribution in [3.05, 3.63) is 53.3 Å². The quantitative estimate of drug-likeness (QED) is 0.928. The number of carbonyl (C=O) groups excluding carboxylic acids is 1. The van der Waals surface area contributed by atoms with Gasteiger partial charge in [0.05, 0.1) is 12.8 Å². The fourth-order valence-corrected chi connectivity index (χ4v) is 2.02. The lowest BCUT2D eigenvalue weighted by atomic mass is 10.1. The van der Waals surface area contributed by atoms with E-state index in [2.05, 4.69) is 5.10 Å². The van der Waals surface area contributed by atoms with Crippen LogP contribution in [0.15, 0.2) is 36.7 Å². The Morgan fingerprint density at radius 3 is 2.75 bits per heavy atom. The smallest absolute Gasteiger partial charge is 0.344 e. The van der Waals surface area contributed by atoms with E-state index in [9.17, 15) is 4.79 Å². The average molecular weight is 273 g/mol.